The van der Waals surface area contributed by atoms with Gasteiger partial charge in [0, 0.05) is 13.1 Å². The number of carbonyl (C=O) groups is 1. The first-order valence-electron chi connectivity index (χ1n) is 9.31. The van der Waals surface area contributed by atoms with Gasteiger partial charge in [-0.25, -0.2) is 13.1 Å². The lowest BCUT2D eigenvalue weighted by molar-refractivity contribution is 0.0741. The fraction of sp³-hybridized carbons (Fsp3) is 0.526. The first kappa shape index (κ1) is 19.5. The Morgan fingerprint density at radius 1 is 1.30 bits per heavy atom. The van der Waals surface area contributed by atoms with Gasteiger partial charge in [-0.3, -0.25) is 4.79 Å². The molecule has 3 rings (SSSR count). The average molecular weight is 391 g/mol. The Balaban J connectivity index is 1.77. The molecule has 8 heteroatoms. The van der Waals surface area contributed by atoms with E-state index in [1.807, 2.05) is 12.1 Å². The smallest absolute Gasteiger partial charge is 0.276 e. The molecule has 1 atom stereocenters. The van der Waals surface area contributed by atoms with Crippen LogP contribution in [0.15, 0.2) is 24.3 Å². The molecule has 27 heavy (non-hydrogen) atoms. The predicted molar refractivity (Wildman–Crippen MR) is 104 cm³/mol. The second kappa shape index (κ2) is 7.80. The van der Waals surface area contributed by atoms with Gasteiger partial charge in [0.2, 0.25) is 0 Å². The highest BCUT2D eigenvalue weighted by molar-refractivity contribution is 7.91. The SMILES string of the molecule is CCCCc1ccc(-n2nnc(C(=O)N(C)[C@H]3CCS(=O)(=O)C3)c2C)cc1. The lowest BCUT2D eigenvalue weighted by Crippen LogP contribution is -2.38. The number of sulfone groups is 1. The first-order valence-corrected chi connectivity index (χ1v) is 11.1. The van der Waals surface area contributed by atoms with Crippen molar-refractivity contribution in [2.75, 3.05) is 18.6 Å². The molecule has 0 radical (unpaired) electrons. The van der Waals surface area contributed by atoms with Crippen molar-refractivity contribution >= 4 is 15.7 Å². The maximum absolute atomic E-state index is 12.8. The van der Waals surface area contributed by atoms with Gasteiger partial charge in [0.15, 0.2) is 15.5 Å². The molecule has 1 fully saturated rings. The first-order chi connectivity index (χ1) is 12.8. The third kappa shape index (κ3) is 4.21. The van der Waals surface area contributed by atoms with E-state index in [1.54, 1.807) is 18.7 Å². The molecule has 1 aromatic carbocycles. The van der Waals surface area contributed by atoms with Crippen LogP contribution in [0, 0.1) is 6.92 Å². The van der Waals surface area contributed by atoms with Crippen LogP contribution in [0.2, 0.25) is 0 Å². The highest BCUT2D eigenvalue weighted by atomic mass is 32.2. The lowest BCUT2D eigenvalue weighted by atomic mass is 10.1. The van der Waals surface area contributed by atoms with Crippen LogP contribution in [0.5, 0.6) is 0 Å². The summed E-state index contributed by atoms with van der Waals surface area (Å²) in [6.07, 6.45) is 3.83. The van der Waals surface area contributed by atoms with Crippen LogP contribution in [0.25, 0.3) is 5.69 Å². The van der Waals surface area contributed by atoms with E-state index in [-0.39, 0.29) is 29.1 Å². The topological polar surface area (TPSA) is 85.2 Å². The Bertz CT molecular complexity index is 919. The highest BCUT2D eigenvalue weighted by Gasteiger charge is 2.34. The number of carbonyl (C=O) groups excluding carboxylic acids is 1. The van der Waals surface area contributed by atoms with E-state index in [9.17, 15) is 13.2 Å². The Labute approximate surface area is 160 Å². The van der Waals surface area contributed by atoms with Crippen LogP contribution in [-0.2, 0) is 16.3 Å². The summed E-state index contributed by atoms with van der Waals surface area (Å²) in [4.78, 5) is 14.3. The summed E-state index contributed by atoms with van der Waals surface area (Å²) < 4.78 is 25.0. The molecule has 1 saturated heterocycles. The fourth-order valence-corrected chi connectivity index (χ4v) is 5.14. The number of aryl methyl sites for hydroxylation is 1. The summed E-state index contributed by atoms with van der Waals surface area (Å²) >= 11 is 0. The van der Waals surface area contributed by atoms with E-state index < -0.39 is 9.84 Å². The summed E-state index contributed by atoms with van der Waals surface area (Å²) in [6, 6.07) is 7.80. The van der Waals surface area contributed by atoms with Crippen LogP contribution in [0.4, 0.5) is 0 Å². The number of unbranched alkanes of at least 4 members (excludes halogenated alkanes) is 1. The number of hydrogen-bond acceptors (Lipinski definition) is 5. The van der Waals surface area contributed by atoms with Crippen LogP contribution < -0.4 is 0 Å². The molecule has 0 unspecified atom stereocenters. The molecule has 1 aromatic heterocycles. The summed E-state index contributed by atoms with van der Waals surface area (Å²) in [6.45, 7) is 3.97. The normalized spacial score (nSPS) is 18.6. The van der Waals surface area contributed by atoms with Crippen LogP contribution in [0.1, 0.15) is 47.9 Å². The van der Waals surface area contributed by atoms with E-state index in [0.717, 1.165) is 24.9 Å². The van der Waals surface area contributed by atoms with Crippen LogP contribution in [0.3, 0.4) is 0 Å². The van der Waals surface area contributed by atoms with Crippen molar-refractivity contribution in [1.29, 1.82) is 0 Å². The van der Waals surface area contributed by atoms with Gasteiger partial charge in [-0.15, -0.1) is 5.10 Å². The van der Waals surface area contributed by atoms with Gasteiger partial charge in [-0.2, -0.15) is 0 Å². The van der Waals surface area contributed by atoms with Crippen molar-refractivity contribution in [1.82, 2.24) is 19.9 Å². The quantitative estimate of drug-likeness (QED) is 0.755. The summed E-state index contributed by atoms with van der Waals surface area (Å²) in [5.74, 6) is -0.145. The Morgan fingerprint density at radius 3 is 2.59 bits per heavy atom. The third-order valence-electron chi connectivity index (χ3n) is 5.17. The molecule has 2 heterocycles. The minimum atomic E-state index is -3.05. The molecule has 0 aliphatic carbocycles. The number of nitrogens with zero attached hydrogens (tertiary/aromatic N) is 4. The zero-order chi connectivity index (χ0) is 19.6. The summed E-state index contributed by atoms with van der Waals surface area (Å²) in [5.41, 5.74) is 3.04. The van der Waals surface area contributed by atoms with E-state index in [0.29, 0.717) is 12.1 Å². The molecule has 2 aromatic rings. The highest BCUT2D eigenvalue weighted by Crippen LogP contribution is 2.20. The second-order valence-corrected chi connectivity index (χ2v) is 9.41. The minimum Gasteiger partial charge on any atom is -0.336 e. The van der Waals surface area contributed by atoms with Crippen molar-refractivity contribution in [2.45, 2.75) is 45.6 Å². The molecule has 1 aliphatic heterocycles. The van der Waals surface area contributed by atoms with Crippen molar-refractivity contribution in [2.24, 2.45) is 0 Å². The molecule has 1 aliphatic rings. The molecular weight excluding hydrogens is 364 g/mol. The molecule has 0 N–H and O–H groups in total. The van der Waals surface area contributed by atoms with Crippen LogP contribution in [-0.4, -0.2) is 58.8 Å². The van der Waals surface area contributed by atoms with Gasteiger partial charge >= 0.3 is 0 Å². The summed E-state index contributed by atoms with van der Waals surface area (Å²) in [5, 5.41) is 8.20. The Hall–Kier alpha value is -2.22. The summed E-state index contributed by atoms with van der Waals surface area (Å²) in [7, 11) is -1.42. The second-order valence-electron chi connectivity index (χ2n) is 7.18. The van der Waals surface area contributed by atoms with E-state index >= 15 is 0 Å². The van der Waals surface area contributed by atoms with Gasteiger partial charge in [-0.1, -0.05) is 30.7 Å². The van der Waals surface area contributed by atoms with E-state index in [1.165, 1.54) is 10.5 Å². The van der Waals surface area contributed by atoms with Crippen molar-refractivity contribution < 1.29 is 13.2 Å². The van der Waals surface area contributed by atoms with Crippen LogP contribution >= 0.6 is 0 Å². The molecule has 0 spiro atoms. The zero-order valence-corrected chi connectivity index (χ0v) is 16.9. The Morgan fingerprint density at radius 2 is 2.00 bits per heavy atom. The van der Waals surface area contributed by atoms with Crippen molar-refractivity contribution in [3.8, 4) is 5.69 Å². The van der Waals surface area contributed by atoms with Gasteiger partial charge in [-0.05, 0) is 43.9 Å². The molecule has 7 nitrogen and oxygen atoms in total. The maximum atomic E-state index is 12.8. The molecular formula is C19H26N4O3S. The molecule has 1 amide bonds. The molecule has 0 saturated carbocycles. The van der Waals surface area contributed by atoms with Crippen molar-refractivity contribution in [3.63, 3.8) is 0 Å². The average Bonchev–Trinajstić information content (AvgIpc) is 3.21. The minimum absolute atomic E-state index is 0.0155. The third-order valence-corrected chi connectivity index (χ3v) is 6.92. The maximum Gasteiger partial charge on any atom is 0.276 e. The standard InChI is InChI=1S/C19H26N4O3S/c1-4-5-6-15-7-9-16(10-8-15)23-14(2)18(20-21-23)19(24)22(3)17-11-12-27(25,26)13-17/h7-10,17H,4-6,11-13H2,1-3H3/t17-/m0/s1. The monoisotopic (exact) mass is 390 g/mol. The van der Waals surface area contributed by atoms with Gasteiger partial charge in [0.1, 0.15) is 0 Å². The molecule has 0 bridgehead atoms. The van der Waals surface area contributed by atoms with Crippen molar-refractivity contribution in [3.05, 3.63) is 41.2 Å². The van der Waals surface area contributed by atoms with E-state index in [2.05, 4.69) is 29.4 Å². The number of aromatic nitrogens is 3. The number of benzene rings is 1. The number of hydrogen-bond donors (Lipinski definition) is 0. The van der Waals surface area contributed by atoms with Gasteiger partial charge in [0.25, 0.3) is 5.91 Å². The largest absolute Gasteiger partial charge is 0.336 e. The zero-order valence-electron chi connectivity index (χ0n) is 16.1. The van der Waals surface area contributed by atoms with Gasteiger partial charge < -0.3 is 4.90 Å². The molecule has 146 valence electrons. The predicted octanol–water partition coefficient (Wildman–Crippen LogP) is 2.18. The van der Waals surface area contributed by atoms with E-state index in [4.69, 9.17) is 0 Å². The van der Waals surface area contributed by atoms with Gasteiger partial charge in [0.05, 0.1) is 22.9 Å². The number of amides is 1. The number of rotatable bonds is 6. The fourth-order valence-electron chi connectivity index (χ4n) is 3.37. The lowest BCUT2D eigenvalue weighted by Gasteiger charge is -2.22. The Kier molecular flexibility index (Phi) is 5.64.